The molecule has 1 aromatic heterocycles. The lowest BCUT2D eigenvalue weighted by atomic mass is 10.1. The second-order valence-electron chi connectivity index (χ2n) is 10.9. The highest BCUT2D eigenvalue weighted by atomic mass is 32.2. The van der Waals surface area contributed by atoms with E-state index in [1.807, 2.05) is 0 Å². The van der Waals surface area contributed by atoms with Crippen LogP contribution in [0.3, 0.4) is 0 Å². The van der Waals surface area contributed by atoms with E-state index in [1.54, 1.807) is 28.8 Å². The molecule has 2 heterocycles. The molecule has 42 heavy (non-hydrogen) atoms. The zero-order chi connectivity index (χ0) is 30.2. The second kappa shape index (κ2) is 11.7. The Hall–Kier alpha value is -3.42. The lowest BCUT2D eigenvalue weighted by molar-refractivity contribution is -0.132. The number of sulfone groups is 1. The molecule has 5 rings (SSSR count). The molecule has 224 valence electrons. The third-order valence-electron chi connectivity index (χ3n) is 7.76. The van der Waals surface area contributed by atoms with Crippen LogP contribution in [0.25, 0.3) is 10.9 Å². The van der Waals surface area contributed by atoms with E-state index < -0.39 is 54.8 Å². The summed E-state index contributed by atoms with van der Waals surface area (Å²) in [6.07, 6.45) is 1.68. The summed E-state index contributed by atoms with van der Waals surface area (Å²) in [5, 5.41) is -0.0472. The molecule has 3 aromatic rings. The quantitative estimate of drug-likeness (QED) is 0.308. The number of carbonyl (C=O) groups is 3. The average Bonchev–Trinajstić information content (AvgIpc) is 3.66. The Labute approximate surface area is 243 Å². The maximum atomic E-state index is 14.4. The van der Waals surface area contributed by atoms with E-state index in [0.717, 1.165) is 0 Å². The number of Topliss-reactive ketones (excluding diaryl/α,β-unsaturated/α-hetero) is 2. The first-order chi connectivity index (χ1) is 19.9. The SMILES string of the molecule is CC(=O)c1cn(CC(=O)N2C[C@H](F)C[C@H]2CCNS(=O)(=O)c2ccccc2)c2ccc(C(=O)CS(=O)(=O)C3CC3)cc12. The fraction of sp³-hybridized carbons (Fsp3) is 0.414. The van der Waals surface area contributed by atoms with Crippen molar-refractivity contribution >= 4 is 48.2 Å². The predicted octanol–water partition coefficient (Wildman–Crippen LogP) is 2.91. The lowest BCUT2D eigenvalue weighted by Gasteiger charge is -2.25. The number of fused-ring (bicyclic) bond motifs is 1. The van der Waals surface area contributed by atoms with Gasteiger partial charge in [-0.2, -0.15) is 0 Å². The van der Waals surface area contributed by atoms with Gasteiger partial charge in [0.1, 0.15) is 18.5 Å². The van der Waals surface area contributed by atoms with Gasteiger partial charge in [0.15, 0.2) is 21.4 Å². The van der Waals surface area contributed by atoms with Crippen LogP contribution in [-0.2, 0) is 31.2 Å². The van der Waals surface area contributed by atoms with E-state index in [1.165, 1.54) is 42.3 Å². The minimum absolute atomic E-state index is 0.0204. The maximum Gasteiger partial charge on any atom is 0.242 e. The highest BCUT2D eigenvalue weighted by Crippen LogP contribution is 2.30. The first kappa shape index (κ1) is 30.1. The van der Waals surface area contributed by atoms with Gasteiger partial charge in [0.2, 0.25) is 15.9 Å². The lowest BCUT2D eigenvalue weighted by Crippen LogP contribution is -2.40. The van der Waals surface area contributed by atoms with Gasteiger partial charge in [-0.3, -0.25) is 14.4 Å². The van der Waals surface area contributed by atoms with Crippen LogP contribution < -0.4 is 4.72 Å². The predicted molar refractivity (Wildman–Crippen MR) is 154 cm³/mol. The number of amides is 1. The monoisotopic (exact) mass is 617 g/mol. The molecule has 0 unspecified atom stereocenters. The van der Waals surface area contributed by atoms with Gasteiger partial charge in [-0.1, -0.05) is 18.2 Å². The maximum absolute atomic E-state index is 14.4. The Morgan fingerprint density at radius 3 is 2.40 bits per heavy atom. The van der Waals surface area contributed by atoms with Crippen molar-refractivity contribution in [2.45, 2.75) is 61.5 Å². The van der Waals surface area contributed by atoms with Crippen LogP contribution in [0.2, 0.25) is 0 Å². The van der Waals surface area contributed by atoms with Gasteiger partial charge in [0.05, 0.1) is 16.7 Å². The summed E-state index contributed by atoms with van der Waals surface area (Å²) < 4.78 is 68.2. The molecule has 1 amide bonds. The van der Waals surface area contributed by atoms with Crippen LogP contribution in [0.15, 0.2) is 59.6 Å². The molecule has 1 saturated heterocycles. The number of benzene rings is 2. The number of hydrogen-bond donors (Lipinski definition) is 1. The van der Waals surface area contributed by atoms with E-state index >= 15 is 0 Å². The zero-order valence-electron chi connectivity index (χ0n) is 23.0. The number of likely N-dealkylation sites (tertiary alicyclic amines) is 1. The number of carbonyl (C=O) groups excluding carboxylic acids is 3. The molecule has 10 nitrogen and oxygen atoms in total. The van der Waals surface area contributed by atoms with E-state index in [0.29, 0.717) is 23.7 Å². The number of nitrogens with one attached hydrogen (secondary N) is 1. The van der Waals surface area contributed by atoms with Crippen molar-refractivity contribution in [3.8, 4) is 0 Å². The van der Waals surface area contributed by atoms with Crippen molar-refractivity contribution in [2.24, 2.45) is 0 Å². The fourth-order valence-corrected chi connectivity index (χ4v) is 8.10. The van der Waals surface area contributed by atoms with Crippen molar-refractivity contribution in [1.29, 1.82) is 0 Å². The number of sulfonamides is 1. The number of rotatable bonds is 12. The van der Waals surface area contributed by atoms with Crippen LogP contribution in [0.4, 0.5) is 4.39 Å². The van der Waals surface area contributed by atoms with Crippen LogP contribution >= 0.6 is 0 Å². The van der Waals surface area contributed by atoms with Crippen LogP contribution in [-0.4, -0.2) is 80.1 Å². The fourth-order valence-electron chi connectivity index (χ4n) is 5.41. The van der Waals surface area contributed by atoms with Gasteiger partial charge >= 0.3 is 0 Å². The highest BCUT2D eigenvalue weighted by Gasteiger charge is 2.37. The standard InChI is InChI=1S/C29H32FN3O7S2/c1-19(34)26-16-32(27-10-7-20(13-25(26)27)28(35)18-41(37,38)23-8-9-23)17-29(36)33-15-21(30)14-22(33)11-12-31-42(39,40)24-5-3-2-4-6-24/h2-7,10,13,16,21-23,31H,8-9,11-12,14-15,17-18H2,1H3/t21-,22-/m1/s1. The minimum Gasteiger partial charge on any atom is -0.337 e. The van der Waals surface area contributed by atoms with Crippen molar-refractivity contribution < 1.29 is 35.6 Å². The van der Waals surface area contributed by atoms with E-state index in [4.69, 9.17) is 0 Å². The minimum atomic E-state index is -3.74. The third-order valence-corrected chi connectivity index (χ3v) is 11.4. The largest absolute Gasteiger partial charge is 0.337 e. The molecule has 2 fully saturated rings. The number of nitrogens with zero attached hydrogens (tertiary/aromatic N) is 2. The molecule has 1 aliphatic heterocycles. The molecule has 0 bridgehead atoms. The third kappa shape index (κ3) is 6.47. The molecule has 1 saturated carbocycles. The smallest absolute Gasteiger partial charge is 0.242 e. The highest BCUT2D eigenvalue weighted by molar-refractivity contribution is 7.93. The summed E-state index contributed by atoms with van der Waals surface area (Å²) in [6, 6.07) is 11.9. The van der Waals surface area contributed by atoms with Gasteiger partial charge in [0.25, 0.3) is 0 Å². The Morgan fingerprint density at radius 2 is 1.74 bits per heavy atom. The summed E-state index contributed by atoms with van der Waals surface area (Å²) in [4.78, 5) is 40.1. The van der Waals surface area contributed by atoms with Crippen molar-refractivity contribution in [2.75, 3.05) is 18.8 Å². The van der Waals surface area contributed by atoms with Crippen LogP contribution in [0, 0.1) is 0 Å². The molecule has 13 heteroatoms. The van der Waals surface area contributed by atoms with E-state index in [9.17, 15) is 35.6 Å². The first-order valence-corrected chi connectivity index (χ1v) is 16.9. The first-order valence-electron chi connectivity index (χ1n) is 13.7. The number of halogens is 1. The normalized spacial score (nSPS) is 19.3. The number of aromatic nitrogens is 1. The summed E-state index contributed by atoms with van der Waals surface area (Å²) in [5.74, 6) is -1.84. The Kier molecular flexibility index (Phi) is 8.37. The van der Waals surface area contributed by atoms with Gasteiger partial charge in [0, 0.05) is 47.2 Å². The Bertz CT molecular complexity index is 1750. The van der Waals surface area contributed by atoms with Crippen molar-refractivity contribution in [1.82, 2.24) is 14.2 Å². The molecule has 0 spiro atoms. The molecule has 2 atom stereocenters. The van der Waals surface area contributed by atoms with Gasteiger partial charge in [-0.05, 0) is 56.5 Å². The van der Waals surface area contributed by atoms with E-state index in [2.05, 4.69) is 4.72 Å². The Balaban J connectivity index is 1.30. The van der Waals surface area contributed by atoms with Gasteiger partial charge < -0.3 is 9.47 Å². The molecule has 2 aliphatic rings. The van der Waals surface area contributed by atoms with Crippen LogP contribution in [0.1, 0.15) is 53.3 Å². The summed E-state index contributed by atoms with van der Waals surface area (Å²) in [5.41, 5.74) is 0.934. The number of ketones is 2. The summed E-state index contributed by atoms with van der Waals surface area (Å²) >= 11 is 0. The van der Waals surface area contributed by atoms with Crippen molar-refractivity contribution in [3.63, 3.8) is 0 Å². The molecule has 0 radical (unpaired) electrons. The topological polar surface area (TPSA) is 140 Å². The number of hydrogen-bond acceptors (Lipinski definition) is 7. The summed E-state index contributed by atoms with van der Waals surface area (Å²) in [6.45, 7) is 1.05. The zero-order valence-corrected chi connectivity index (χ0v) is 24.7. The Morgan fingerprint density at radius 1 is 1.02 bits per heavy atom. The number of alkyl halides is 1. The molecular weight excluding hydrogens is 585 g/mol. The molecular formula is C29H32FN3O7S2. The van der Waals surface area contributed by atoms with Gasteiger partial charge in [-0.15, -0.1) is 0 Å². The molecule has 1 aliphatic carbocycles. The summed E-state index contributed by atoms with van der Waals surface area (Å²) in [7, 11) is -7.26. The van der Waals surface area contributed by atoms with Crippen LogP contribution in [0.5, 0.6) is 0 Å². The molecule has 2 aromatic carbocycles. The molecule has 1 N–H and O–H groups in total. The average molecular weight is 618 g/mol. The van der Waals surface area contributed by atoms with Gasteiger partial charge in [-0.25, -0.2) is 25.9 Å². The van der Waals surface area contributed by atoms with Crippen molar-refractivity contribution in [3.05, 3.63) is 65.9 Å². The second-order valence-corrected chi connectivity index (χ2v) is 15.0. The van der Waals surface area contributed by atoms with E-state index in [-0.39, 0.29) is 54.3 Å².